The average molecular weight is 373 g/mol. The Bertz CT molecular complexity index is 937. The van der Waals surface area contributed by atoms with Gasteiger partial charge in [-0.1, -0.05) is 23.7 Å². The molecule has 132 valence electrons. The number of amides is 4. The van der Waals surface area contributed by atoms with E-state index in [1.165, 1.54) is 55.7 Å². The van der Waals surface area contributed by atoms with Crippen molar-refractivity contribution in [2.24, 2.45) is 0 Å². The van der Waals surface area contributed by atoms with Crippen LogP contribution >= 0.6 is 11.6 Å². The van der Waals surface area contributed by atoms with Crippen LogP contribution in [0.1, 0.15) is 5.56 Å². The molecular weight excluding hydrogens is 360 g/mol. The number of rotatable bonds is 3. The van der Waals surface area contributed by atoms with Gasteiger partial charge in [-0.2, -0.15) is 0 Å². The first-order valence-corrected chi connectivity index (χ1v) is 7.82. The lowest BCUT2D eigenvalue weighted by Gasteiger charge is -2.26. The first-order chi connectivity index (χ1) is 12.4. The number of carbonyl (C=O) groups is 3. The second-order valence-electron chi connectivity index (χ2n) is 5.37. The SMILES string of the molecule is COc1ccc(N2C(=O)NC(=O)/C(=C/c3ccc(O)cc3)C2=O)cc1Cl. The van der Waals surface area contributed by atoms with Gasteiger partial charge in [-0.15, -0.1) is 0 Å². The fraction of sp³-hybridized carbons (Fsp3) is 0.0556. The van der Waals surface area contributed by atoms with Crippen LogP contribution in [0.15, 0.2) is 48.0 Å². The van der Waals surface area contributed by atoms with E-state index in [1.54, 1.807) is 0 Å². The summed E-state index contributed by atoms with van der Waals surface area (Å²) in [6.45, 7) is 0. The Morgan fingerprint density at radius 2 is 1.81 bits per heavy atom. The highest BCUT2D eigenvalue weighted by molar-refractivity contribution is 6.39. The van der Waals surface area contributed by atoms with Gasteiger partial charge >= 0.3 is 6.03 Å². The molecule has 1 fully saturated rings. The topological polar surface area (TPSA) is 95.9 Å². The summed E-state index contributed by atoms with van der Waals surface area (Å²) in [6.07, 6.45) is 1.33. The Hall–Kier alpha value is -3.32. The number of aromatic hydroxyl groups is 1. The standard InChI is InChI=1S/C18H13ClN2O5/c1-26-15-7-4-11(9-14(15)19)21-17(24)13(16(23)20-18(21)25)8-10-2-5-12(22)6-3-10/h2-9,22H,1H3,(H,20,23,25)/b13-8-. The van der Waals surface area contributed by atoms with E-state index in [9.17, 15) is 19.5 Å². The van der Waals surface area contributed by atoms with Gasteiger partial charge in [-0.3, -0.25) is 14.9 Å². The molecule has 0 saturated carbocycles. The molecule has 4 amide bonds. The zero-order chi connectivity index (χ0) is 18.8. The van der Waals surface area contributed by atoms with Crippen molar-refractivity contribution in [3.63, 3.8) is 0 Å². The fourth-order valence-electron chi connectivity index (χ4n) is 2.42. The number of nitrogens with one attached hydrogen (secondary N) is 1. The van der Waals surface area contributed by atoms with Gasteiger partial charge in [0.1, 0.15) is 17.1 Å². The molecule has 0 atom stereocenters. The van der Waals surface area contributed by atoms with Gasteiger partial charge in [0.15, 0.2) is 0 Å². The molecule has 2 aromatic rings. The lowest BCUT2D eigenvalue weighted by molar-refractivity contribution is -0.122. The monoisotopic (exact) mass is 372 g/mol. The molecular formula is C18H13ClN2O5. The Labute approximate surface area is 153 Å². The molecule has 2 N–H and O–H groups in total. The van der Waals surface area contributed by atoms with Crippen molar-refractivity contribution in [1.82, 2.24) is 5.32 Å². The molecule has 0 radical (unpaired) electrons. The summed E-state index contributed by atoms with van der Waals surface area (Å²) in [7, 11) is 1.44. The predicted octanol–water partition coefficient (Wildman–Crippen LogP) is 2.72. The van der Waals surface area contributed by atoms with E-state index in [0.29, 0.717) is 11.3 Å². The van der Waals surface area contributed by atoms with Crippen LogP contribution in [0.5, 0.6) is 11.5 Å². The molecule has 3 rings (SSSR count). The lowest BCUT2D eigenvalue weighted by atomic mass is 10.1. The van der Waals surface area contributed by atoms with Crippen LogP contribution in [0.3, 0.4) is 0 Å². The van der Waals surface area contributed by atoms with Crippen LogP contribution in [-0.2, 0) is 9.59 Å². The third-order valence-electron chi connectivity index (χ3n) is 3.70. The number of imide groups is 2. The van der Waals surface area contributed by atoms with Crippen LogP contribution in [0.2, 0.25) is 5.02 Å². The molecule has 1 heterocycles. The van der Waals surface area contributed by atoms with Gasteiger partial charge in [-0.05, 0) is 42.0 Å². The smallest absolute Gasteiger partial charge is 0.335 e. The number of ether oxygens (including phenoxy) is 1. The molecule has 1 aliphatic heterocycles. The maximum absolute atomic E-state index is 12.7. The molecule has 1 saturated heterocycles. The third kappa shape index (κ3) is 3.25. The Kier molecular flexibility index (Phi) is 4.64. The van der Waals surface area contributed by atoms with Gasteiger partial charge in [0.25, 0.3) is 11.8 Å². The Morgan fingerprint density at radius 3 is 2.42 bits per heavy atom. The van der Waals surface area contributed by atoms with Gasteiger partial charge < -0.3 is 9.84 Å². The summed E-state index contributed by atoms with van der Waals surface area (Å²) in [5.41, 5.74) is 0.494. The zero-order valence-corrected chi connectivity index (χ0v) is 14.3. The number of benzene rings is 2. The van der Waals surface area contributed by atoms with Crippen LogP contribution in [0.25, 0.3) is 6.08 Å². The van der Waals surface area contributed by atoms with Crippen LogP contribution in [0.4, 0.5) is 10.5 Å². The second kappa shape index (κ2) is 6.89. The summed E-state index contributed by atoms with van der Waals surface area (Å²) >= 11 is 6.05. The summed E-state index contributed by atoms with van der Waals surface area (Å²) in [6, 6.07) is 9.43. The van der Waals surface area contributed by atoms with E-state index < -0.39 is 17.8 Å². The third-order valence-corrected chi connectivity index (χ3v) is 3.99. The van der Waals surface area contributed by atoms with Crippen molar-refractivity contribution in [3.8, 4) is 11.5 Å². The maximum Gasteiger partial charge on any atom is 0.335 e. The van der Waals surface area contributed by atoms with Crippen LogP contribution < -0.4 is 15.0 Å². The van der Waals surface area contributed by atoms with E-state index >= 15 is 0 Å². The number of carbonyl (C=O) groups excluding carboxylic acids is 3. The van der Waals surface area contributed by atoms with Gasteiger partial charge in [0.2, 0.25) is 0 Å². The Morgan fingerprint density at radius 1 is 1.12 bits per heavy atom. The number of hydrogen-bond acceptors (Lipinski definition) is 5. The summed E-state index contributed by atoms with van der Waals surface area (Å²) in [5, 5.41) is 11.7. The molecule has 8 heteroatoms. The number of urea groups is 1. The molecule has 0 unspecified atom stereocenters. The molecule has 0 aromatic heterocycles. The zero-order valence-electron chi connectivity index (χ0n) is 13.5. The first-order valence-electron chi connectivity index (χ1n) is 7.44. The first kappa shape index (κ1) is 17.5. The van der Waals surface area contributed by atoms with Gasteiger partial charge in [0.05, 0.1) is 17.8 Å². The van der Waals surface area contributed by atoms with Gasteiger partial charge in [0, 0.05) is 0 Å². The number of nitrogens with zero attached hydrogens (tertiary/aromatic N) is 1. The number of methoxy groups -OCH3 is 1. The van der Waals surface area contributed by atoms with Crippen molar-refractivity contribution in [3.05, 3.63) is 58.6 Å². The van der Waals surface area contributed by atoms with Crippen molar-refractivity contribution >= 4 is 41.2 Å². The fourth-order valence-corrected chi connectivity index (χ4v) is 2.68. The summed E-state index contributed by atoms with van der Waals surface area (Å²) in [5.74, 6) is -1.15. The minimum Gasteiger partial charge on any atom is -0.508 e. The van der Waals surface area contributed by atoms with E-state index in [1.807, 2.05) is 0 Å². The van der Waals surface area contributed by atoms with Crippen molar-refractivity contribution < 1.29 is 24.2 Å². The maximum atomic E-state index is 12.7. The Balaban J connectivity index is 2.00. The molecule has 2 aromatic carbocycles. The van der Waals surface area contributed by atoms with Gasteiger partial charge in [-0.25, -0.2) is 9.69 Å². The van der Waals surface area contributed by atoms with Crippen LogP contribution in [-0.4, -0.2) is 30.1 Å². The van der Waals surface area contributed by atoms with Crippen molar-refractivity contribution in [1.29, 1.82) is 0 Å². The summed E-state index contributed by atoms with van der Waals surface area (Å²) < 4.78 is 5.05. The molecule has 0 bridgehead atoms. The molecule has 7 nitrogen and oxygen atoms in total. The van der Waals surface area contributed by atoms with E-state index in [0.717, 1.165) is 4.90 Å². The highest BCUT2D eigenvalue weighted by atomic mass is 35.5. The minimum absolute atomic E-state index is 0.0521. The lowest BCUT2D eigenvalue weighted by Crippen LogP contribution is -2.54. The number of hydrogen-bond donors (Lipinski definition) is 2. The summed E-state index contributed by atoms with van der Waals surface area (Å²) in [4.78, 5) is 37.8. The highest BCUT2D eigenvalue weighted by Gasteiger charge is 2.37. The largest absolute Gasteiger partial charge is 0.508 e. The second-order valence-corrected chi connectivity index (χ2v) is 5.78. The van der Waals surface area contributed by atoms with Crippen molar-refractivity contribution in [2.75, 3.05) is 12.0 Å². The molecule has 0 spiro atoms. The quantitative estimate of drug-likeness (QED) is 0.638. The van der Waals surface area contributed by atoms with E-state index in [2.05, 4.69) is 5.32 Å². The highest BCUT2D eigenvalue weighted by Crippen LogP contribution is 2.31. The average Bonchev–Trinajstić information content (AvgIpc) is 2.60. The minimum atomic E-state index is -0.871. The molecule has 1 aliphatic rings. The number of barbiturate groups is 1. The number of anilines is 1. The predicted molar refractivity (Wildman–Crippen MR) is 95.1 cm³/mol. The van der Waals surface area contributed by atoms with Crippen LogP contribution in [0, 0.1) is 0 Å². The van der Waals surface area contributed by atoms with E-state index in [-0.39, 0.29) is 22.0 Å². The number of phenolic OH excluding ortho intramolecular Hbond substituents is 1. The molecule has 0 aliphatic carbocycles. The van der Waals surface area contributed by atoms with E-state index in [4.69, 9.17) is 16.3 Å². The normalized spacial score (nSPS) is 16.0. The number of phenols is 1. The molecule has 26 heavy (non-hydrogen) atoms. The number of halogens is 1. The van der Waals surface area contributed by atoms with Crippen molar-refractivity contribution in [2.45, 2.75) is 0 Å².